The molecule has 4 rings (SSSR count). The average Bonchev–Trinajstić information content (AvgIpc) is 3.30. The number of carbonyl (C=O) groups is 4. The van der Waals surface area contributed by atoms with Gasteiger partial charge in [0.1, 0.15) is 6.04 Å². The number of carbonyl (C=O) groups excluding carboxylic acids is 4. The van der Waals surface area contributed by atoms with Crippen LogP contribution in [0, 0.1) is 23.7 Å². The quantitative estimate of drug-likeness (QED) is 0.339. The highest BCUT2D eigenvalue weighted by molar-refractivity contribution is 9.12. The number of esters is 1. The van der Waals surface area contributed by atoms with Gasteiger partial charge in [-0.1, -0.05) is 49.5 Å². The van der Waals surface area contributed by atoms with Gasteiger partial charge in [0.25, 0.3) is 5.91 Å². The number of ether oxygens (including phenoxy) is 1. The van der Waals surface area contributed by atoms with Crippen LogP contribution in [0.2, 0.25) is 5.02 Å². The lowest BCUT2D eigenvalue weighted by Crippen LogP contribution is -2.45. The van der Waals surface area contributed by atoms with Crippen molar-refractivity contribution in [2.45, 2.75) is 29.0 Å². The summed E-state index contributed by atoms with van der Waals surface area (Å²) in [5.74, 6) is -2.66. The van der Waals surface area contributed by atoms with Crippen LogP contribution in [0.15, 0.2) is 24.3 Å². The fourth-order valence-electron chi connectivity index (χ4n) is 4.88. The number of benzene rings is 1. The van der Waals surface area contributed by atoms with Gasteiger partial charge in [-0.25, -0.2) is 4.79 Å². The van der Waals surface area contributed by atoms with Gasteiger partial charge in [0, 0.05) is 20.4 Å². The van der Waals surface area contributed by atoms with Crippen LogP contribution in [-0.2, 0) is 23.9 Å². The van der Waals surface area contributed by atoms with Crippen LogP contribution in [0.3, 0.4) is 0 Å². The first-order chi connectivity index (χ1) is 14.2. The van der Waals surface area contributed by atoms with Gasteiger partial charge in [-0.15, -0.1) is 0 Å². The van der Waals surface area contributed by atoms with Crippen molar-refractivity contribution < 1.29 is 23.9 Å². The molecule has 0 unspecified atom stereocenters. The molecule has 1 aromatic rings. The van der Waals surface area contributed by atoms with Gasteiger partial charge in [-0.05, 0) is 43.4 Å². The Morgan fingerprint density at radius 2 is 1.80 bits per heavy atom. The molecule has 0 spiro atoms. The minimum absolute atomic E-state index is 0.0671. The Morgan fingerprint density at radius 1 is 1.20 bits per heavy atom. The van der Waals surface area contributed by atoms with Crippen LogP contribution < -0.4 is 5.32 Å². The van der Waals surface area contributed by atoms with E-state index in [2.05, 4.69) is 37.2 Å². The first-order valence-corrected chi connectivity index (χ1v) is 11.8. The molecule has 10 heteroatoms. The SMILES string of the molecule is C[C@H](C(=O)OCC(=O)Nc1cccc(Cl)c1)N1C(=O)[C@@H]2[C@H]3C[C@@H]([C@H](Br)[C@@H]3Br)[C@@H]2C1=O. The smallest absolute Gasteiger partial charge is 0.329 e. The first-order valence-electron chi connectivity index (χ1n) is 9.57. The van der Waals surface area contributed by atoms with Crippen LogP contribution in [-0.4, -0.2) is 50.9 Å². The lowest BCUT2D eigenvalue weighted by molar-refractivity contribution is -0.159. The number of hydrogen-bond acceptors (Lipinski definition) is 5. The van der Waals surface area contributed by atoms with Gasteiger partial charge >= 0.3 is 5.97 Å². The van der Waals surface area contributed by atoms with E-state index >= 15 is 0 Å². The lowest BCUT2D eigenvalue weighted by atomic mass is 9.81. The summed E-state index contributed by atoms with van der Waals surface area (Å²) in [6.45, 7) is 0.921. The van der Waals surface area contributed by atoms with Gasteiger partial charge in [-0.3, -0.25) is 19.3 Å². The molecule has 1 aromatic carbocycles. The zero-order valence-electron chi connectivity index (χ0n) is 15.9. The predicted molar refractivity (Wildman–Crippen MR) is 116 cm³/mol. The van der Waals surface area contributed by atoms with Crippen molar-refractivity contribution in [1.82, 2.24) is 4.90 Å². The molecule has 2 saturated carbocycles. The third-order valence-corrected chi connectivity index (χ3v) is 9.65. The molecule has 2 bridgehead atoms. The van der Waals surface area contributed by atoms with Gasteiger partial charge < -0.3 is 10.1 Å². The third kappa shape index (κ3) is 3.58. The van der Waals surface area contributed by atoms with Crippen molar-refractivity contribution in [2.75, 3.05) is 11.9 Å². The van der Waals surface area contributed by atoms with E-state index in [1.165, 1.54) is 6.92 Å². The molecular weight excluding hydrogens is 543 g/mol. The molecule has 1 N–H and O–H groups in total. The van der Waals surface area contributed by atoms with Crippen molar-refractivity contribution >= 4 is 72.8 Å². The normalized spacial score (nSPS) is 32.9. The summed E-state index contributed by atoms with van der Waals surface area (Å²) < 4.78 is 5.06. The highest BCUT2D eigenvalue weighted by Crippen LogP contribution is 2.60. The summed E-state index contributed by atoms with van der Waals surface area (Å²) in [4.78, 5) is 51.7. The number of imide groups is 1. The van der Waals surface area contributed by atoms with Crippen LogP contribution in [0.25, 0.3) is 0 Å². The summed E-state index contributed by atoms with van der Waals surface area (Å²) in [7, 11) is 0. The van der Waals surface area contributed by atoms with Crippen molar-refractivity contribution in [1.29, 1.82) is 0 Å². The predicted octanol–water partition coefficient (Wildman–Crippen LogP) is 2.99. The van der Waals surface area contributed by atoms with Crippen molar-refractivity contribution in [3.63, 3.8) is 0 Å². The lowest BCUT2D eigenvalue weighted by Gasteiger charge is -2.28. The summed E-state index contributed by atoms with van der Waals surface area (Å²) in [5.41, 5.74) is 0.471. The summed E-state index contributed by atoms with van der Waals surface area (Å²) in [6, 6.07) is 5.47. The fourth-order valence-corrected chi connectivity index (χ4v) is 6.94. The molecule has 7 atom stereocenters. The first kappa shape index (κ1) is 21.8. The van der Waals surface area contributed by atoms with E-state index < -0.39 is 36.4 Å². The molecule has 2 aliphatic carbocycles. The Bertz CT molecular complexity index is 896. The maximum atomic E-state index is 13.0. The minimum atomic E-state index is -1.09. The fraction of sp³-hybridized carbons (Fsp3) is 0.500. The molecule has 3 fully saturated rings. The van der Waals surface area contributed by atoms with Crippen LogP contribution in [0.5, 0.6) is 0 Å². The van der Waals surface area contributed by atoms with Crippen molar-refractivity contribution in [3.8, 4) is 0 Å². The molecule has 1 saturated heterocycles. The number of fused-ring (bicyclic) bond motifs is 5. The molecule has 3 amide bonds. The zero-order valence-corrected chi connectivity index (χ0v) is 19.8. The van der Waals surface area contributed by atoms with Gasteiger partial charge in [-0.2, -0.15) is 0 Å². The largest absolute Gasteiger partial charge is 0.454 e. The molecule has 7 nitrogen and oxygen atoms in total. The molecule has 0 radical (unpaired) electrons. The Morgan fingerprint density at radius 3 is 2.37 bits per heavy atom. The van der Waals surface area contributed by atoms with Crippen LogP contribution in [0.4, 0.5) is 5.69 Å². The third-order valence-electron chi connectivity index (χ3n) is 6.20. The second-order valence-electron chi connectivity index (χ2n) is 7.89. The number of anilines is 1. The van der Waals surface area contributed by atoms with E-state index in [1.807, 2.05) is 0 Å². The van der Waals surface area contributed by atoms with E-state index in [0.29, 0.717) is 10.7 Å². The van der Waals surface area contributed by atoms with E-state index in [-0.39, 0.29) is 33.3 Å². The second-order valence-corrected chi connectivity index (χ2v) is 10.4. The summed E-state index contributed by atoms with van der Waals surface area (Å²) in [5, 5.41) is 3.03. The van der Waals surface area contributed by atoms with Gasteiger partial charge in [0.05, 0.1) is 11.8 Å². The Hall–Kier alpha value is -1.45. The van der Waals surface area contributed by atoms with Crippen molar-refractivity contribution in [3.05, 3.63) is 29.3 Å². The number of hydrogen-bond donors (Lipinski definition) is 1. The maximum Gasteiger partial charge on any atom is 0.329 e. The number of halogens is 3. The summed E-state index contributed by atoms with van der Waals surface area (Å²) in [6.07, 6.45) is 0.814. The van der Waals surface area contributed by atoms with Crippen LogP contribution in [0.1, 0.15) is 13.3 Å². The van der Waals surface area contributed by atoms with Gasteiger partial charge in [0.2, 0.25) is 11.8 Å². The zero-order chi connectivity index (χ0) is 21.7. The maximum absolute atomic E-state index is 13.0. The Labute approximate surface area is 195 Å². The number of rotatable bonds is 5. The number of alkyl halides is 2. The molecular formula is C20H19Br2ClN2O5. The van der Waals surface area contributed by atoms with E-state index in [0.717, 1.165) is 11.3 Å². The topological polar surface area (TPSA) is 92.8 Å². The van der Waals surface area contributed by atoms with E-state index in [1.54, 1.807) is 24.3 Å². The summed E-state index contributed by atoms with van der Waals surface area (Å²) >= 11 is 13.1. The number of nitrogens with zero attached hydrogens (tertiary/aromatic N) is 1. The molecule has 3 aliphatic rings. The molecule has 1 heterocycles. The second kappa shape index (κ2) is 8.24. The van der Waals surface area contributed by atoms with E-state index in [4.69, 9.17) is 16.3 Å². The highest BCUT2D eigenvalue weighted by Gasteiger charge is 2.67. The van der Waals surface area contributed by atoms with Gasteiger partial charge in [0.15, 0.2) is 6.61 Å². The molecule has 0 aromatic heterocycles. The molecule has 160 valence electrons. The number of nitrogens with one attached hydrogen (secondary N) is 1. The Kier molecular flexibility index (Phi) is 5.98. The van der Waals surface area contributed by atoms with Crippen LogP contribution >= 0.6 is 43.5 Å². The number of amides is 3. The molecule has 1 aliphatic heterocycles. The average molecular weight is 563 g/mol. The Balaban J connectivity index is 1.37. The standard InChI is InChI=1S/C20H19Br2ClN2O5/c1-8(20(29)30-7-13(26)24-10-4-2-3-9(23)5-10)25-18(27)14-11-6-12(15(14)19(25)28)17(22)16(11)21/h2-5,8,11-12,14-17H,6-7H2,1H3,(H,24,26)/t8-,11-,12-,14-,15+,16-,17+/m1/s1. The monoisotopic (exact) mass is 560 g/mol. The minimum Gasteiger partial charge on any atom is -0.454 e. The highest BCUT2D eigenvalue weighted by atomic mass is 79.9. The number of likely N-dealkylation sites (tertiary alicyclic amines) is 1. The molecule has 30 heavy (non-hydrogen) atoms. The van der Waals surface area contributed by atoms with Crippen molar-refractivity contribution in [2.24, 2.45) is 23.7 Å². The van der Waals surface area contributed by atoms with E-state index in [9.17, 15) is 19.2 Å².